The largest absolute Gasteiger partial charge is 0.482 e. The number of nitrogens with one attached hydrogen (secondary N) is 2. The Morgan fingerprint density at radius 2 is 2.04 bits per heavy atom. The van der Waals surface area contributed by atoms with Crippen LogP contribution in [-0.2, 0) is 4.79 Å². The number of carbonyl (C=O) groups is 1. The van der Waals surface area contributed by atoms with E-state index in [2.05, 4.69) is 22.5 Å². The van der Waals surface area contributed by atoms with Gasteiger partial charge in [0.15, 0.2) is 12.6 Å². The highest BCUT2D eigenvalue weighted by Crippen LogP contribution is 2.31. The minimum atomic E-state index is 0.0175. The molecule has 1 amide bonds. The zero-order valence-corrected chi connectivity index (χ0v) is 16.5. The van der Waals surface area contributed by atoms with Crippen molar-refractivity contribution in [2.75, 3.05) is 31.6 Å². The lowest BCUT2D eigenvalue weighted by Gasteiger charge is -2.30. The first-order chi connectivity index (χ1) is 13.2. The van der Waals surface area contributed by atoms with E-state index in [0.29, 0.717) is 12.6 Å². The summed E-state index contributed by atoms with van der Waals surface area (Å²) in [7, 11) is 1.81. The lowest BCUT2D eigenvalue weighted by atomic mass is 9.84. The van der Waals surface area contributed by atoms with Gasteiger partial charge >= 0.3 is 0 Å². The minimum absolute atomic E-state index is 0.0175. The summed E-state index contributed by atoms with van der Waals surface area (Å²) in [6, 6.07) is 8.23. The van der Waals surface area contributed by atoms with Gasteiger partial charge in [-0.1, -0.05) is 25.5 Å². The molecule has 0 bridgehead atoms. The monoisotopic (exact) mass is 372 g/mol. The molecule has 0 aromatic heterocycles. The zero-order chi connectivity index (χ0) is 19.1. The van der Waals surface area contributed by atoms with Crippen LogP contribution < -0.4 is 20.3 Å². The van der Waals surface area contributed by atoms with Crippen LogP contribution in [0.2, 0.25) is 0 Å². The van der Waals surface area contributed by atoms with Gasteiger partial charge in [-0.2, -0.15) is 0 Å². The average Bonchev–Trinajstić information content (AvgIpc) is 2.72. The van der Waals surface area contributed by atoms with Gasteiger partial charge in [0.05, 0.1) is 5.69 Å². The molecule has 0 spiro atoms. The van der Waals surface area contributed by atoms with Crippen LogP contribution in [-0.4, -0.2) is 44.7 Å². The molecular weight excluding hydrogens is 340 g/mol. The van der Waals surface area contributed by atoms with Crippen molar-refractivity contribution < 1.29 is 9.53 Å². The molecule has 3 rings (SSSR count). The normalized spacial score (nSPS) is 22.8. The smallest absolute Gasteiger partial charge is 0.265 e. The quantitative estimate of drug-likeness (QED) is 0.458. The number of hydrogen-bond acceptors (Lipinski definition) is 3. The third-order valence-corrected chi connectivity index (χ3v) is 5.65. The number of benzene rings is 1. The Hall–Kier alpha value is -2.24. The predicted molar refractivity (Wildman–Crippen MR) is 109 cm³/mol. The fourth-order valence-electron chi connectivity index (χ4n) is 3.95. The second-order valence-corrected chi connectivity index (χ2v) is 7.42. The van der Waals surface area contributed by atoms with E-state index in [1.807, 2.05) is 36.2 Å². The van der Waals surface area contributed by atoms with Crippen LogP contribution >= 0.6 is 0 Å². The maximum absolute atomic E-state index is 12.2. The van der Waals surface area contributed by atoms with E-state index in [-0.39, 0.29) is 12.5 Å². The molecule has 2 N–H and O–H groups in total. The number of rotatable bonds is 6. The number of hydrogen-bond donors (Lipinski definition) is 2. The van der Waals surface area contributed by atoms with Crippen LogP contribution in [0.5, 0.6) is 5.75 Å². The van der Waals surface area contributed by atoms with E-state index in [0.717, 1.165) is 36.3 Å². The molecule has 0 atom stereocenters. The van der Waals surface area contributed by atoms with Crippen molar-refractivity contribution in [3.05, 3.63) is 24.3 Å². The summed E-state index contributed by atoms with van der Waals surface area (Å²) in [4.78, 5) is 18.4. The first-order valence-electron chi connectivity index (χ1n) is 10.2. The highest BCUT2D eigenvalue weighted by molar-refractivity contribution is 5.97. The Balaban J connectivity index is 1.42. The Bertz CT molecular complexity index is 653. The third-order valence-electron chi connectivity index (χ3n) is 5.65. The van der Waals surface area contributed by atoms with Crippen molar-refractivity contribution >= 4 is 17.6 Å². The highest BCUT2D eigenvalue weighted by Gasteiger charge is 2.24. The molecule has 148 valence electrons. The maximum Gasteiger partial charge on any atom is 0.265 e. The van der Waals surface area contributed by atoms with Gasteiger partial charge in [-0.3, -0.25) is 9.79 Å². The van der Waals surface area contributed by atoms with Crippen molar-refractivity contribution in [1.82, 2.24) is 10.6 Å². The molecule has 1 aliphatic carbocycles. The second-order valence-electron chi connectivity index (χ2n) is 7.42. The number of carbonyl (C=O) groups excluding carboxylic acids is 1. The number of ether oxygens (including phenoxy) is 1. The summed E-state index contributed by atoms with van der Waals surface area (Å²) in [5, 5.41) is 6.94. The first-order valence-corrected chi connectivity index (χ1v) is 10.2. The molecular formula is C21H32N4O2. The van der Waals surface area contributed by atoms with Crippen LogP contribution in [0, 0.1) is 5.92 Å². The molecule has 1 heterocycles. The van der Waals surface area contributed by atoms with E-state index in [1.165, 1.54) is 32.1 Å². The van der Waals surface area contributed by atoms with Crippen LogP contribution in [0.15, 0.2) is 29.3 Å². The fraction of sp³-hybridized carbons (Fsp3) is 0.619. The molecule has 27 heavy (non-hydrogen) atoms. The Morgan fingerprint density at radius 1 is 1.26 bits per heavy atom. The topological polar surface area (TPSA) is 66.0 Å². The van der Waals surface area contributed by atoms with Gasteiger partial charge in [-0.25, -0.2) is 0 Å². The molecule has 0 saturated heterocycles. The number of nitrogens with zero attached hydrogens (tertiary/aromatic N) is 2. The highest BCUT2D eigenvalue weighted by atomic mass is 16.5. The van der Waals surface area contributed by atoms with Crippen molar-refractivity contribution in [2.24, 2.45) is 10.9 Å². The van der Waals surface area contributed by atoms with E-state index in [1.54, 1.807) is 0 Å². The molecule has 2 aliphatic rings. The standard InChI is InChI=1S/C21H32N4O2/c1-3-16-9-11-17(12-10-16)24-21(22-2)23-13-6-14-25-18-7-4-5-8-19(18)27-15-20(25)26/h4-5,7-8,16-17H,3,6,9-15H2,1-2H3,(H2,22,23,24). The number of fused-ring (bicyclic) bond motifs is 1. The summed E-state index contributed by atoms with van der Waals surface area (Å²) in [5.41, 5.74) is 0.865. The molecule has 6 heteroatoms. The molecule has 1 aromatic carbocycles. The average molecular weight is 373 g/mol. The molecule has 1 aromatic rings. The molecule has 0 radical (unpaired) electrons. The Morgan fingerprint density at radius 3 is 2.78 bits per heavy atom. The van der Waals surface area contributed by atoms with Crippen molar-refractivity contribution in [3.63, 3.8) is 0 Å². The number of guanidine groups is 1. The lowest BCUT2D eigenvalue weighted by Crippen LogP contribution is -2.46. The minimum Gasteiger partial charge on any atom is -0.482 e. The summed E-state index contributed by atoms with van der Waals surface area (Å²) >= 11 is 0. The Kier molecular flexibility index (Phi) is 6.96. The van der Waals surface area contributed by atoms with Gasteiger partial charge < -0.3 is 20.3 Å². The van der Waals surface area contributed by atoms with Crippen molar-refractivity contribution in [1.29, 1.82) is 0 Å². The fourth-order valence-corrected chi connectivity index (χ4v) is 3.95. The molecule has 1 saturated carbocycles. The predicted octanol–water partition coefficient (Wildman–Crippen LogP) is 2.94. The lowest BCUT2D eigenvalue weighted by molar-refractivity contribution is -0.121. The summed E-state index contributed by atoms with van der Waals surface area (Å²) < 4.78 is 5.49. The van der Waals surface area contributed by atoms with Crippen LogP contribution in [0.1, 0.15) is 45.4 Å². The van der Waals surface area contributed by atoms with Gasteiger partial charge in [-0.15, -0.1) is 0 Å². The Labute approximate surface area is 162 Å². The summed E-state index contributed by atoms with van der Waals surface area (Å²) in [6.07, 6.45) is 7.20. The van der Waals surface area contributed by atoms with Gasteiger partial charge in [0.25, 0.3) is 5.91 Å². The van der Waals surface area contributed by atoms with Gasteiger partial charge in [-0.05, 0) is 50.2 Å². The summed E-state index contributed by atoms with van der Waals surface area (Å²) in [5.74, 6) is 2.56. The second kappa shape index (κ2) is 9.62. The molecule has 0 unspecified atom stereocenters. The SMILES string of the molecule is CCC1CCC(NC(=NC)NCCCN2C(=O)COc3ccccc32)CC1. The van der Waals surface area contributed by atoms with Gasteiger partial charge in [0.1, 0.15) is 5.75 Å². The van der Waals surface area contributed by atoms with E-state index >= 15 is 0 Å². The number of para-hydroxylation sites is 2. The van der Waals surface area contributed by atoms with E-state index in [9.17, 15) is 4.79 Å². The maximum atomic E-state index is 12.2. The van der Waals surface area contributed by atoms with Crippen molar-refractivity contribution in [3.8, 4) is 5.75 Å². The van der Waals surface area contributed by atoms with E-state index in [4.69, 9.17) is 4.74 Å². The third kappa shape index (κ3) is 5.15. The zero-order valence-electron chi connectivity index (χ0n) is 16.5. The van der Waals surface area contributed by atoms with Crippen molar-refractivity contribution in [2.45, 2.75) is 51.5 Å². The molecule has 1 aliphatic heterocycles. The number of amides is 1. The number of aliphatic imine (C=N–C) groups is 1. The molecule has 6 nitrogen and oxygen atoms in total. The molecule has 1 fully saturated rings. The van der Waals surface area contributed by atoms with E-state index < -0.39 is 0 Å². The number of anilines is 1. The van der Waals surface area contributed by atoms with Crippen LogP contribution in [0.3, 0.4) is 0 Å². The first kappa shape index (κ1) is 19.5. The van der Waals surface area contributed by atoms with Gasteiger partial charge in [0.2, 0.25) is 0 Å². The summed E-state index contributed by atoms with van der Waals surface area (Å²) in [6.45, 7) is 3.85. The van der Waals surface area contributed by atoms with Crippen LogP contribution in [0.4, 0.5) is 5.69 Å². The van der Waals surface area contributed by atoms with Gasteiger partial charge in [0, 0.05) is 26.2 Å². The van der Waals surface area contributed by atoms with Crippen LogP contribution in [0.25, 0.3) is 0 Å².